The first-order valence-electron chi connectivity index (χ1n) is 9.29. The smallest absolute Gasteiger partial charge is 0.317 e. The number of amides is 1. The Morgan fingerprint density at radius 2 is 2.12 bits per heavy atom. The van der Waals surface area contributed by atoms with E-state index in [1.54, 1.807) is 6.07 Å². The molecule has 2 unspecified atom stereocenters. The van der Waals surface area contributed by atoms with Crippen LogP contribution in [-0.4, -0.2) is 59.5 Å². The van der Waals surface area contributed by atoms with Crippen LogP contribution in [0.2, 0.25) is 0 Å². The van der Waals surface area contributed by atoms with Crippen molar-refractivity contribution in [3.8, 4) is 0 Å². The summed E-state index contributed by atoms with van der Waals surface area (Å²) in [4.78, 5) is 27.3. The van der Waals surface area contributed by atoms with E-state index in [0.717, 1.165) is 31.4 Å². The number of likely N-dealkylation sites (tertiary alicyclic amines) is 1. The maximum atomic E-state index is 13.3. The lowest BCUT2D eigenvalue weighted by Crippen LogP contribution is -2.37. The van der Waals surface area contributed by atoms with Gasteiger partial charge in [-0.05, 0) is 56.3 Å². The summed E-state index contributed by atoms with van der Waals surface area (Å²) in [5, 5.41) is 8.93. The van der Waals surface area contributed by atoms with Gasteiger partial charge in [0.15, 0.2) is 0 Å². The summed E-state index contributed by atoms with van der Waals surface area (Å²) in [5.41, 5.74) is 0.913. The molecule has 0 saturated carbocycles. The van der Waals surface area contributed by atoms with Crippen molar-refractivity contribution in [1.29, 1.82) is 0 Å². The van der Waals surface area contributed by atoms with Crippen molar-refractivity contribution in [2.75, 3.05) is 26.7 Å². The zero-order valence-electron chi connectivity index (χ0n) is 15.7. The van der Waals surface area contributed by atoms with Crippen molar-refractivity contribution in [3.63, 3.8) is 0 Å². The van der Waals surface area contributed by atoms with Gasteiger partial charge in [-0.15, -0.1) is 0 Å². The zero-order chi connectivity index (χ0) is 19.1. The number of halogens is 1. The predicted molar refractivity (Wildman–Crippen MR) is 98.4 cm³/mol. The van der Waals surface area contributed by atoms with Gasteiger partial charge in [0.2, 0.25) is 5.91 Å². The van der Waals surface area contributed by atoms with Gasteiger partial charge in [-0.3, -0.25) is 14.5 Å². The molecule has 1 heterocycles. The van der Waals surface area contributed by atoms with Crippen LogP contribution in [0.15, 0.2) is 24.3 Å². The number of rotatable bonds is 7. The molecule has 26 heavy (non-hydrogen) atoms. The third-order valence-electron chi connectivity index (χ3n) is 5.05. The van der Waals surface area contributed by atoms with Crippen molar-refractivity contribution < 1.29 is 19.1 Å². The van der Waals surface area contributed by atoms with E-state index in [9.17, 15) is 14.0 Å². The molecule has 1 fully saturated rings. The topological polar surface area (TPSA) is 60.9 Å². The van der Waals surface area contributed by atoms with E-state index in [-0.39, 0.29) is 30.2 Å². The Morgan fingerprint density at radius 3 is 2.81 bits per heavy atom. The number of carbonyl (C=O) groups excluding carboxylic acids is 1. The van der Waals surface area contributed by atoms with Gasteiger partial charge in [-0.1, -0.05) is 19.1 Å². The van der Waals surface area contributed by atoms with Gasteiger partial charge < -0.3 is 10.0 Å². The van der Waals surface area contributed by atoms with E-state index in [2.05, 4.69) is 0 Å². The minimum Gasteiger partial charge on any atom is -0.480 e. The van der Waals surface area contributed by atoms with Gasteiger partial charge in [-0.2, -0.15) is 0 Å². The summed E-state index contributed by atoms with van der Waals surface area (Å²) < 4.78 is 13.3. The quantitative estimate of drug-likeness (QED) is 0.808. The summed E-state index contributed by atoms with van der Waals surface area (Å²) in [6.45, 7) is 3.44. The molecule has 1 amide bonds. The summed E-state index contributed by atoms with van der Waals surface area (Å²) in [6.07, 6.45) is 3.73. The van der Waals surface area contributed by atoms with Crippen molar-refractivity contribution in [3.05, 3.63) is 35.6 Å². The Bertz CT molecular complexity index is 623. The molecule has 0 aromatic heterocycles. The average Bonchev–Trinajstić information content (AvgIpc) is 2.80. The Labute approximate surface area is 154 Å². The molecular weight excluding hydrogens is 335 g/mol. The van der Waals surface area contributed by atoms with E-state index < -0.39 is 5.97 Å². The lowest BCUT2D eigenvalue weighted by molar-refractivity contribution is -0.138. The number of nitrogens with zero attached hydrogens (tertiary/aromatic N) is 2. The average molecular weight is 364 g/mol. The molecular formula is C20H29FN2O3. The number of aliphatic carboxylic acids is 1. The molecule has 144 valence electrons. The normalized spacial score (nSPS) is 19.2. The highest BCUT2D eigenvalue weighted by molar-refractivity contribution is 5.76. The summed E-state index contributed by atoms with van der Waals surface area (Å²) in [6, 6.07) is 6.73. The number of hydrogen-bond acceptors (Lipinski definition) is 3. The zero-order valence-corrected chi connectivity index (χ0v) is 15.7. The molecule has 1 aliphatic rings. The molecule has 1 aromatic rings. The fraction of sp³-hybridized carbons (Fsp3) is 0.600. The standard InChI is InChI=1S/C20H29FN2O3/c1-15(11-16-5-3-6-17(21)13-16)12-19(24)23-9-4-7-18(8-10-23)22(2)14-20(25)26/h3,5-6,13,15,18H,4,7-12,14H2,1-2H3,(H,25,26). The lowest BCUT2D eigenvalue weighted by atomic mass is 9.97. The van der Waals surface area contributed by atoms with Crippen LogP contribution in [0, 0.1) is 11.7 Å². The number of carboxylic acids is 1. The molecule has 1 aromatic carbocycles. The Morgan fingerprint density at radius 1 is 1.35 bits per heavy atom. The number of carbonyl (C=O) groups is 2. The maximum Gasteiger partial charge on any atom is 0.317 e. The monoisotopic (exact) mass is 364 g/mol. The molecule has 2 rings (SSSR count). The fourth-order valence-corrected chi connectivity index (χ4v) is 3.68. The largest absolute Gasteiger partial charge is 0.480 e. The van der Waals surface area contributed by atoms with Gasteiger partial charge >= 0.3 is 5.97 Å². The Balaban J connectivity index is 1.82. The minimum absolute atomic E-state index is 0.0310. The maximum absolute atomic E-state index is 13.3. The van der Waals surface area contributed by atoms with Gasteiger partial charge in [0.1, 0.15) is 5.82 Å². The van der Waals surface area contributed by atoms with E-state index >= 15 is 0 Å². The van der Waals surface area contributed by atoms with Crippen LogP contribution in [-0.2, 0) is 16.0 Å². The van der Waals surface area contributed by atoms with Crippen LogP contribution in [0.3, 0.4) is 0 Å². The van der Waals surface area contributed by atoms with E-state index in [1.807, 2.05) is 29.8 Å². The number of carboxylic acid groups (broad SMARTS) is 1. The van der Waals surface area contributed by atoms with Gasteiger partial charge in [0.25, 0.3) is 0 Å². The second kappa shape index (κ2) is 9.67. The van der Waals surface area contributed by atoms with E-state index in [0.29, 0.717) is 19.4 Å². The molecule has 1 saturated heterocycles. The van der Waals surface area contributed by atoms with Crippen LogP contribution in [0.5, 0.6) is 0 Å². The molecule has 0 radical (unpaired) electrons. The first-order chi connectivity index (χ1) is 12.3. The summed E-state index contributed by atoms with van der Waals surface area (Å²) >= 11 is 0. The lowest BCUT2D eigenvalue weighted by Gasteiger charge is -2.26. The van der Waals surface area contributed by atoms with Crippen molar-refractivity contribution in [2.24, 2.45) is 5.92 Å². The third-order valence-corrected chi connectivity index (χ3v) is 5.05. The highest BCUT2D eigenvalue weighted by atomic mass is 19.1. The summed E-state index contributed by atoms with van der Waals surface area (Å²) in [7, 11) is 1.83. The third kappa shape index (κ3) is 6.41. The van der Waals surface area contributed by atoms with Crippen LogP contribution in [0.4, 0.5) is 4.39 Å². The van der Waals surface area contributed by atoms with Crippen LogP contribution in [0.25, 0.3) is 0 Å². The fourth-order valence-electron chi connectivity index (χ4n) is 3.68. The van der Waals surface area contributed by atoms with Gasteiger partial charge in [-0.25, -0.2) is 4.39 Å². The molecule has 1 aliphatic heterocycles. The van der Waals surface area contributed by atoms with Crippen LogP contribution >= 0.6 is 0 Å². The van der Waals surface area contributed by atoms with Gasteiger partial charge in [0.05, 0.1) is 6.54 Å². The summed E-state index contributed by atoms with van der Waals surface area (Å²) in [5.74, 6) is -0.783. The van der Waals surface area contributed by atoms with Crippen LogP contribution in [0.1, 0.15) is 38.2 Å². The van der Waals surface area contributed by atoms with Gasteiger partial charge in [0, 0.05) is 25.6 Å². The second-order valence-electron chi connectivity index (χ2n) is 7.42. The molecule has 1 N–H and O–H groups in total. The number of hydrogen-bond donors (Lipinski definition) is 1. The first-order valence-corrected chi connectivity index (χ1v) is 9.29. The highest BCUT2D eigenvalue weighted by Crippen LogP contribution is 2.19. The van der Waals surface area contributed by atoms with E-state index in [1.165, 1.54) is 12.1 Å². The SMILES string of the molecule is CC(CC(=O)N1CCCC(N(C)CC(=O)O)CC1)Cc1cccc(F)c1. The Hall–Kier alpha value is -1.95. The van der Waals surface area contributed by atoms with Crippen molar-refractivity contribution >= 4 is 11.9 Å². The highest BCUT2D eigenvalue weighted by Gasteiger charge is 2.24. The molecule has 0 bridgehead atoms. The molecule has 2 atom stereocenters. The number of benzene rings is 1. The van der Waals surface area contributed by atoms with Crippen molar-refractivity contribution in [2.45, 2.75) is 45.1 Å². The predicted octanol–water partition coefficient (Wildman–Crippen LogP) is 2.79. The molecule has 5 nitrogen and oxygen atoms in total. The second-order valence-corrected chi connectivity index (χ2v) is 7.42. The molecule has 0 spiro atoms. The van der Waals surface area contributed by atoms with E-state index in [4.69, 9.17) is 5.11 Å². The molecule has 0 aliphatic carbocycles. The van der Waals surface area contributed by atoms with Crippen LogP contribution < -0.4 is 0 Å². The first kappa shape index (κ1) is 20.4. The minimum atomic E-state index is -0.823. The Kier molecular flexibility index (Phi) is 7.57. The van der Waals surface area contributed by atoms with Crippen molar-refractivity contribution in [1.82, 2.24) is 9.80 Å². The number of likely N-dealkylation sites (N-methyl/N-ethyl adjacent to an activating group) is 1. The molecule has 6 heteroatoms.